The van der Waals surface area contributed by atoms with Gasteiger partial charge in [0.05, 0.1) is 12.7 Å². The second kappa shape index (κ2) is 6.17. The summed E-state index contributed by atoms with van der Waals surface area (Å²) in [6, 6.07) is 0. The number of aliphatic hydroxyl groups excluding tert-OH is 2. The Morgan fingerprint density at radius 2 is 1.88 bits per heavy atom. The molecule has 0 bridgehead atoms. The van der Waals surface area contributed by atoms with Gasteiger partial charge < -0.3 is 15.1 Å². The lowest BCUT2D eigenvalue weighted by Crippen LogP contribution is -2.40. The molecular formula is C14H29NO2. The highest BCUT2D eigenvalue weighted by molar-refractivity contribution is 4.86. The Balaban J connectivity index is 2.52. The summed E-state index contributed by atoms with van der Waals surface area (Å²) in [6.07, 6.45) is 3.03. The SMILES string of the molecule is CN(CCO)CC1CC(C(C)(C)C)CCC1O. The van der Waals surface area contributed by atoms with Crippen LogP contribution in [0.25, 0.3) is 0 Å². The number of hydrogen-bond acceptors (Lipinski definition) is 3. The van der Waals surface area contributed by atoms with Gasteiger partial charge in [0.1, 0.15) is 0 Å². The molecule has 3 unspecified atom stereocenters. The maximum absolute atomic E-state index is 10.1. The largest absolute Gasteiger partial charge is 0.395 e. The monoisotopic (exact) mass is 243 g/mol. The Bertz CT molecular complexity index is 225. The summed E-state index contributed by atoms with van der Waals surface area (Å²) < 4.78 is 0. The number of rotatable bonds is 4. The van der Waals surface area contributed by atoms with Crippen molar-refractivity contribution < 1.29 is 10.2 Å². The number of likely N-dealkylation sites (N-methyl/N-ethyl adjacent to an activating group) is 1. The molecule has 0 aromatic rings. The van der Waals surface area contributed by atoms with Crippen molar-refractivity contribution in [2.24, 2.45) is 17.3 Å². The van der Waals surface area contributed by atoms with Crippen LogP contribution in [0.2, 0.25) is 0 Å². The third kappa shape index (κ3) is 4.57. The number of nitrogens with zero attached hydrogens (tertiary/aromatic N) is 1. The van der Waals surface area contributed by atoms with Crippen molar-refractivity contribution in [3.8, 4) is 0 Å². The van der Waals surface area contributed by atoms with Crippen molar-refractivity contribution in [3.05, 3.63) is 0 Å². The summed E-state index contributed by atoms with van der Waals surface area (Å²) in [6.45, 7) is 8.68. The predicted molar refractivity (Wildman–Crippen MR) is 70.9 cm³/mol. The zero-order valence-electron chi connectivity index (χ0n) is 11.8. The van der Waals surface area contributed by atoms with E-state index >= 15 is 0 Å². The molecule has 1 fully saturated rings. The fraction of sp³-hybridized carbons (Fsp3) is 1.00. The van der Waals surface area contributed by atoms with Crippen molar-refractivity contribution in [1.29, 1.82) is 0 Å². The topological polar surface area (TPSA) is 43.7 Å². The average Bonchev–Trinajstić information content (AvgIpc) is 2.20. The fourth-order valence-electron chi connectivity index (χ4n) is 2.89. The molecule has 1 aliphatic rings. The van der Waals surface area contributed by atoms with E-state index in [9.17, 15) is 5.11 Å². The fourth-order valence-corrected chi connectivity index (χ4v) is 2.89. The second-order valence-corrected chi connectivity index (χ2v) is 6.69. The summed E-state index contributed by atoms with van der Waals surface area (Å²) in [4.78, 5) is 2.12. The van der Waals surface area contributed by atoms with Crippen molar-refractivity contribution >= 4 is 0 Å². The first kappa shape index (κ1) is 14.9. The van der Waals surface area contributed by atoms with Gasteiger partial charge in [-0.05, 0) is 43.6 Å². The van der Waals surface area contributed by atoms with Crippen LogP contribution < -0.4 is 0 Å². The van der Waals surface area contributed by atoms with E-state index in [0.717, 1.165) is 25.8 Å². The van der Waals surface area contributed by atoms with Crippen LogP contribution in [0, 0.1) is 17.3 Å². The Hall–Kier alpha value is -0.120. The molecule has 0 aliphatic heterocycles. The van der Waals surface area contributed by atoms with E-state index in [2.05, 4.69) is 25.7 Å². The Kier molecular flexibility index (Phi) is 5.42. The molecule has 17 heavy (non-hydrogen) atoms. The molecule has 1 saturated carbocycles. The molecule has 1 aliphatic carbocycles. The van der Waals surface area contributed by atoms with Gasteiger partial charge in [0.25, 0.3) is 0 Å². The molecule has 0 spiro atoms. The Labute approximate surface area is 106 Å². The van der Waals surface area contributed by atoms with Crippen molar-refractivity contribution in [3.63, 3.8) is 0 Å². The maximum Gasteiger partial charge on any atom is 0.0580 e. The van der Waals surface area contributed by atoms with Crippen molar-refractivity contribution in [1.82, 2.24) is 4.90 Å². The van der Waals surface area contributed by atoms with Crippen LogP contribution in [-0.4, -0.2) is 48.0 Å². The highest BCUT2D eigenvalue weighted by atomic mass is 16.3. The first-order valence-corrected chi connectivity index (χ1v) is 6.82. The lowest BCUT2D eigenvalue weighted by atomic mass is 9.68. The summed E-state index contributed by atoms with van der Waals surface area (Å²) >= 11 is 0. The molecular weight excluding hydrogens is 214 g/mol. The van der Waals surface area contributed by atoms with Gasteiger partial charge in [0.15, 0.2) is 0 Å². The maximum atomic E-state index is 10.1. The summed E-state index contributed by atoms with van der Waals surface area (Å²) in [5, 5.41) is 19.0. The van der Waals surface area contributed by atoms with E-state index < -0.39 is 0 Å². The van der Waals surface area contributed by atoms with Crippen molar-refractivity contribution in [2.45, 2.75) is 46.1 Å². The van der Waals surface area contributed by atoms with Gasteiger partial charge in [-0.15, -0.1) is 0 Å². The normalized spacial score (nSPS) is 30.9. The molecule has 0 amide bonds. The first-order chi connectivity index (χ1) is 7.84. The van der Waals surface area contributed by atoms with Crippen LogP contribution in [0.3, 0.4) is 0 Å². The smallest absolute Gasteiger partial charge is 0.0580 e. The molecule has 0 radical (unpaired) electrons. The summed E-state index contributed by atoms with van der Waals surface area (Å²) in [5.41, 5.74) is 0.341. The van der Waals surface area contributed by atoms with E-state index in [1.54, 1.807) is 0 Å². The predicted octanol–water partition coefficient (Wildman–Crippen LogP) is 1.73. The third-order valence-corrected chi connectivity index (χ3v) is 4.19. The molecule has 3 heteroatoms. The number of hydrogen-bond donors (Lipinski definition) is 2. The lowest BCUT2D eigenvalue weighted by molar-refractivity contribution is 0.00496. The van der Waals surface area contributed by atoms with Crippen LogP contribution in [-0.2, 0) is 0 Å². The van der Waals surface area contributed by atoms with Crippen molar-refractivity contribution in [2.75, 3.05) is 26.7 Å². The minimum atomic E-state index is -0.158. The van der Waals surface area contributed by atoms with Gasteiger partial charge in [0, 0.05) is 13.1 Å². The first-order valence-electron chi connectivity index (χ1n) is 6.82. The van der Waals surface area contributed by atoms with Crippen LogP contribution in [0.1, 0.15) is 40.0 Å². The zero-order valence-corrected chi connectivity index (χ0v) is 11.8. The van der Waals surface area contributed by atoms with Crippen LogP contribution in [0.5, 0.6) is 0 Å². The minimum absolute atomic E-state index is 0.158. The Morgan fingerprint density at radius 1 is 1.24 bits per heavy atom. The molecule has 0 heterocycles. The van der Waals surface area contributed by atoms with Gasteiger partial charge in [-0.3, -0.25) is 0 Å². The van der Waals surface area contributed by atoms with Gasteiger partial charge in [0.2, 0.25) is 0 Å². The summed E-state index contributed by atoms with van der Waals surface area (Å²) in [7, 11) is 2.02. The standard InChI is InChI=1S/C14H29NO2/c1-14(2,3)12-5-6-13(17)11(9-12)10-15(4)7-8-16/h11-13,16-17H,5-10H2,1-4H3. The molecule has 0 aromatic carbocycles. The molecule has 3 atom stereocenters. The molecule has 102 valence electrons. The van der Waals surface area contributed by atoms with Gasteiger partial charge in [-0.1, -0.05) is 20.8 Å². The van der Waals surface area contributed by atoms with E-state index in [1.165, 1.54) is 0 Å². The molecule has 0 aromatic heterocycles. The van der Waals surface area contributed by atoms with E-state index in [0.29, 0.717) is 23.8 Å². The summed E-state index contributed by atoms with van der Waals surface area (Å²) in [5.74, 6) is 1.07. The van der Waals surface area contributed by atoms with Gasteiger partial charge in [-0.25, -0.2) is 0 Å². The average molecular weight is 243 g/mol. The van der Waals surface area contributed by atoms with E-state index in [-0.39, 0.29) is 12.7 Å². The third-order valence-electron chi connectivity index (χ3n) is 4.19. The lowest BCUT2D eigenvalue weighted by Gasteiger charge is -2.41. The van der Waals surface area contributed by atoms with Crippen LogP contribution in [0.15, 0.2) is 0 Å². The Morgan fingerprint density at radius 3 is 2.41 bits per heavy atom. The zero-order chi connectivity index (χ0) is 13.1. The van der Waals surface area contributed by atoms with E-state index in [1.807, 2.05) is 7.05 Å². The number of aliphatic hydroxyl groups is 2. The van der Waals surface area contributed by atoms with E-state index in [4.69, 9.17) is 5.11 Å². The second-order valence-electron chi connectivity index (χ2n) is 6.69. The molecule has 3 nitrogen and oxygen atoms in total. The highest BCUT2D eigenvalue weighted by Crippen LogP contribution is 2.40. The van der Waals surface area contributed by atoms with Gasteiger partial charge >= 0.3 is 0 Å². The molecule has 0 saturated heterocycles. The highest BCUT2D eigenvalue weighted by Gasteiger charge is 2.35. The molecule has 2 N–H and O–H groups in total. The van der Waals surface area contributed by atoms with Crippen LogP contribution in [0.4, 0.5) is 0 Å². The minimum Gasteiger partial charge on any atom is -0.395 e. The van der Waals surface area contributed by atoms with Gasteiger partial charge in [-0.2, -0.15) is 0 Å². The quantitative estimate of drug-likeness (QED) is 0.790. The molecule has 1 rings (SSSR count). The van der Waals surface area contributed by atoms with Crippen LogP contribution >= 0.6 is 0 Å².